The zero-order chi connectivity index (χ0) is 10.3. The van der Waals surface area contributed by atoms with E-state index in [9.17, 15) is 9.90 Å². The Morgan fingerprint density at radius 3 is 2.93 bits per heavy atom. The van der Waals surface area contributed by atoms with E-state index >= 15 is 0 Å². The van der Waals surface area contributed by atoms with Crippen LogP contribution in [0.1, 0.15) is 39.5 Å². The molecule has 3 atom stereocenters. The van der Waals surface area contributed by atoms with Crippen LogP contribution in [-0.2, 0) is 4.79 Å². The van der Waals surface area contributed by atoms with Gasteiger partial charge < -0.3 is 5.11 Å². The Bertz CT molecular complexity index is 293. The molecule has 0 radical (unpaired) electrons. The second-order valence-electron chi connectivity index (χ2n) is 4.86. The van der Waals surface area contributed by atoms with Gasteiger partial charge in [-0.2, -0.15) is 0 Å². The van der Waals surface area contributed by atoms with Crippen molar-refractivity contribution in [3.8, 4) is 0 Å². The van der Waals surface area contributed by atoms with Crippen molar-refractivity contribution in [1.29, 1.82) is 0 Å². The molecule has 2 heteroatoms. The summed E-state index contributed by atoms with van der Waals surface area (Å²) in [5.41, 5.74) is 1.05. The van der Waals surface area contributed by atoms with E-state index in [-0.39, 0.29) is 11.5 Å². The summed E-state index contributed by atoms with van der Waals surface area (Å²) in [5, 5.41) is 9.89. The maximum Gasteiger partial charge on any atom is 0.133 e. The zero-order valence-electron chi connectivity index (χ0n) is 8.92. The predicted molar refractivity (Wildman–Crippen MR) is 54.8 cm³/mol. The first kappa shape index (κ1) is 9.91. The molecule has 3 unspecified atom stereocenters. The number of carbonyl (C=O) groups excluding carboxylic acids is 1. The summed E-state index contributed by atoms with van der Waals surface area (Å²) in [6.07, 6.45) is 4.86. The van der Waals surface area contributed by atoms with Gasteiger partial charge in [-0.05, 0) is 31.3 Å². The molecular weight excluding hydrogens is 176 g/mol. The fourth-order valence-corrected chi connectivity index (χ4v) is 3.31. The number of rotatable bonds is 0. The standard InChI is InChI=1S/C12H18O2/c1-3-10-11(14)6-8-4-5-9(13)7-12(8,10)2/h3,8,11,14H,4-7H2,1-2H3/b10-3-. The van der Waals surface area contributed by atoms with Crippen molar-refractivity contribution in [3.05, 3.63) is 11.6 Å². The van der Waals surface area contributed by atoms with Crippen LogP contribution in [0.3, 0.4) is 0 Å². The molecule has 2 rings (SSSR count). The number of hydrogen-bond donors (Lipinski definition) is 1. The van der Waals surface area contributed by atoms with Crippen molar-refractivity contribution in [2.45, 2.75) is 45.6 Å². The maximum atomic E-state index is 11.5. The summed E-state index contributed by atoms with van der Waals surface area (Å²) in [6.45, 7) is 4.10. The number of ketones is 1. The van der Waals surface area contributed by atoms with E-state index in [1.54, 1.807) is 0 Å². The van der Waals surface area contributed by atoms with Gasteiger partial charge in [-0.15, -0.1) is 0 Å². The summed E-state index contributed by atoms with van der Waals surface area (Å²) < 4.78 is 0. The van der Waals surface area contributed by atoms with Gasteiger partial charge in [-0.25, -0.2) is 0 Å². The number of aliphatic hydroxyl groups is 1. The number of aliphatic hydroxyl groups excluding tert-OH is 1. The lowest BCUT2D eigenvalue weighted by atomic mass is 9.67. The molecule has 0 aromatic rings. The van der Waals surface area contributed by atoms with Crippen LogP contribution in [0.15, 0.2) is 11.6 Å². The first-order chi connectivity index (χ1) is 6.58. The third kappa shape index (κ3) is 1.24. The van der Waals surface area contributed by atoms with E-state index in [2.05, 4.69) is 6.92 Å². The van der Waals surface area contributed by atoms with Crippen LogP contribution in [0.4, 0.5) is 0 Å². The lowest BCUT2D eigenvalue weighted by Crippen LogP contribution is -2.32. The lowest BCUT2D eigenvalue weighted by Gasteiger charge is -2.36. The first-order valence-electron chi connectivity index (χ1n) is 5.44. The summed E-state index contributed by atoms with van der Waals surface area (Å²) in [4.78, 5) is 11.5. The van der Waals surface area contributed by atoms with Gasteiger partial charge in [0.2, 0.25) is 0 Å². The van der Waals surface area contributed by atoms with Gasteiger partial charge in [0, 0.05) is 18.3 Å². The highest BCUT2D eigenvalue weighted by molar-refractivity contribution is 5.80. The molecule has 1 N–H and O–H groups in total. The summed E-state index contributed by atoms with van der Waals surface area (Å²) in [5.74, 6) is 0.874. The normalized spacial score (nSPS) is 45.6. The minimum Gasteiger partial charge on any atom is -0.389 e. The van der Waals surface area contributed by atoms with Crippen LogP contribution in [0, 0.1) is 11.3 Å². The third-order valence-electron chi connectivity index (χ3n) is 4.07. The Kier molecular flexibility index (Phi) is 2.26. The Labute approximate surface area is 85.0 Å². The molecule has 2 aliphatic rings. The Morgan fingerprint density at radius 2 is 2.29 bits per heavy atom. The van der Waals surface area contributed by atoms with E-state index < -0.39 is 0 Å². The predicted octanol–water partition coefficient (Wildman–Crippen LogP) is 2.07. The fourth-order valence-electron chi connectivity index (χ4n) is 3.31. The molecule has 78 valence electrons. The van der Waals surface area contributed by atoms with E-state index in [0.29, 0.717) is 24.5 Å². The molecule has 0 saturated heterocycles. The second kappa shape index (κ2) is 3.20. The van der Waals surface area contributed by atoms with Gasteiger partial charge in [0.1, 0.15) is 5.78 Å². The number of fused-ring (bicyclic) bond motifs is 1. The van der Waals surface area contributed by atoms with Gasteiger partial charge in [0.15, 0.2) is 0 Å². The highest BCUT2D eigenvalue weighted by Gasteiger charge is 2.49. The van der Waals surface area contributed by atoms with Crippen molar-refractivity contribution in [2.24, 2.45) is 11.3 Å². The minimum absolute atomic E-state index is 0.0382. The van der Waals surface area contributed by atoms with E-state index in [1.807, 2.05) is 13.0 Å². The molecule has 2 aliphatic carbocycles. The molecule has 0 aliphatic heterocycles. The highest BCUT2D eigenvalue weighted by Crippen LogP contribution is 2.54. The van der Waals surface area contributed by atoms with Crippen LogP contribution in [-0.4, -0.2) is 17.0 Å². The molecule has 0 amide bonds. The van der Waals surface area contributed by atoms with Crippen LogP contribution in [0.5, 0.6) is 0 Å². The Hall–Kier alpha value is -0.630. The van der Waals surface area contributed by atoms with Gasteiger partial charge in [0.05, 0.1) is 6.10 Å². The molecule has 0 bridgehead atoms. The van der Waals surface area contributed by atoms with E-state index in [0.717, 1.165) is 18.4 Å². The Morgan fingerprint density at radius 1 is 1.57 bits per heavy atom. The molecule has 0 aromatic carbocycles. The van der Waals surface area contributed by atoms with Gasteiger partial charge >= 0.3 is 0 Å². The molecule has 0 spiro atoms. The Balaban J connectivity index is 2.34. The van der Waals surface area contributed by atoms with Crippen molar-refractivity contribution < 1.29 is 9.90 Å². The third-order valence-corrected chi connectivity index (χ3v) is 4.07. The summed E-state index contributed by atoms with van der Waals surface area (Å²) >= 11 is 0. The summed E-state index contributed by atoms with van der Waals surface area (Å²) in [6, 6.07) is 0. The van der Waals surface area contributed by atoms with Crippen molar-refractivity contribution in [1.82, 2.24) is 0 Å². The quantitative estimate of drug-likeness (QED) is 0.599. The first-order valence-corrected chi connectivity index (χ1v) is 5.44. The second-order valence-corrected chi connectivity index (χ2v) is 4.86. The molecule has 0 aromatic heterocycles. The van der Waals surface area contributed by atoms with E-state index in [1.165, 1.54) is 0 Å². The molecular formula is C12H18O2. The van der Waals surface area contributed by atoms with Crippen LogP contribution in [0.25, 0.3) is 0 Å². The fraction of sp³-hybridized carbons (Fsp3) is 0.750. The number of allylic oxidation sites excluding steroid dienone is 1. The smallest absolute Gasteiger partial charge is 0.133 e. The number of Topliss-reactive ketones (excluding diaryl/α,β-unsaturated/α-hetero) is 1. The molecule has 14 heavy (non-hydrogen) atoms. The molecule has 0 heterocycles. The summed E-state index contributed by atoms with van der Waals surface area (Å²) in [7, 11) is 0. The minimum atomic E-state index is -0.305. The average Bonchev–Trinajstić information content (AvgIpc) is 2.34. The maximum absolute atomic E-state index is 11.5. The molecule has 2 nitrogen and oxygen atoms in total. The highest BCUT2D eigenvalue weighted by atomic mass is 16.3. The lowest BCUT2D eigenvalue weighted by molar-refractivity contribution is -0.123. The van der Waals surface area contributed by atoms with Crippen molar-refractivity contribution in [3.63, 3.8) is 0 Å². The molecule has 2 saturated carbocycles. The van der Waals surface area contributed by atoms with Gasteiger partial charge in [-0.3, -0.25) is 4.79 Å². The SMILES string of the molecule is C/C=C1/C(O)CC2CCC(=O)CC12C. The van der Waals surface area contributed by atoms with Crippen LogP contribution in [0.2, 0.25) is 0 Å². The average molecular weight is 194 g/mol. The van der Waals surface area contributed by atoms with Crippen LogP contribution >= 0.6 is 0 Å². The number of carbonyl (C=O) groups is 1. The number of hydrogen-bond acceptors (Lipinski definition) is 2. The molecule has 2 fully saturated rings. The van der Waals surface area contributed by atoms with Crippen LogP contribution < -0.4 is 0 Å². The van der Waals surface area contributed by atoms with Gasteiger partial charge in [-0.1, -0.05) is 13.0 Å². The topological polar surface area (TPSA) is 37.3 Å². The zero-order valence-corrected chi connectivity index (χ0v) is 8.92. The monoisotopic (exact) mass is 194 g/mol. The van der Waals surface area contributed by atoms with Crippen molar-refractivity contribution in [2.75, 3.05) is 0 Å². The largest absolute Gasteiger partial charge is 0.389 e. The van der Waals surface area contributed by atoms with Gasteiger partial charge in [0.25, 0.3) is 0 Å². The van der Waals surface area contributed by atoms with Crippen molar-refractivity contribution >= 4 is 5.78 Å². The van der Waals surface area contributed by atoms with E-state index in [4.69, 9.17) is 0 Å².